The second kappa shape index (κ2) is 5.65. The van der Waals surface area contributed by atoms with Crippen LogP contribution in [0.1, 0.15) is 32.6 Å². The van der Waals surface area contributed by atoms with Crippen LogP contribution in [0.15, 0.2) is 0 Å². The SMILES string of the molecule is CC(=O)N1CCN(C2CCC([N+](=O)[O-])CC2)CC1. The molecule has 1 aliphatic carbocycles. The Balaban J connectivity index is 1.78. The lowest BCUT2D eigenvalue weighted by atomic mass is 9.90. The van der Waals surface area contributed by atoms with Crippen molar-refractivity contribution in [1.29, 1.82) is 0 Å². The second-order valence-electron chi connectivity index (χ2n) is 5.29. The molecule has 1 aliphatic heterocycles. The first kappa shape index (κ1) is 13.3. The fourth-order valence-electron chi connectivity index (χ4n) is 3.04. The van der Waals surface area contributed by atoms with Gasteiger partial charge in [0.05, 0.1) is 0 Å². The number of amides is 1. The van der Waals surface area contributed by atoms with E-state index >= 15 is 0 Å². The topological polar surface area (TPSA) is 66.7 Å². The zero-order chi connectivity index (χ0) is 13.1. The lowest BCUT2D eigenvalue weighted by Crippen LogP contribution is -2.52. The van der Waals surface area contributed by atoms with Crippen LogP contribution in [0.3, 0.4) is 0 Å². The molecule has 2 aliphatic rings. The van der Waals surface area contributed by atoms with Gasteiger partial charge in [0.15, 0.2) is 0 Å². The second-order valence-corrected chi connectivity index (χ2v) is 5.29. The summed E-state index contributed by atoms with van der Waals surface area (Å²) in [5.74, 6) is 0.145. The van der Waals surface area contributed by atoms with Gasteiger partial charge in [0.2, 0.25) is 11.9 Å². The van der Waals surface area contributed by atoms with Crippen LogP contribution in [0.5, 0.6) is 0 Å². The Morgan fingerprint density at radius 1 is 1.11 bits per heavy atom. The standard InChI is InChI=1S/C12H21N3O3/c1-10(16)13-6-8-14(9-7-13)11-2-4-12(5-3-11)15(17)18/h11-12H,2-9H2,1H3. The quantitative estimate of drug-likeness (QED) is 0.539. The molecule has 0 N–H and O–H groups in total. The molecule has 1 saturated carbocycles. The minimum absolute atomic E-state index is 0.135. The van der Waals surface area contributed by atoms with Gasteiger partial charge in [-0.2, -0.15) is 0 Å². The van der Waals surface area contributed by atoms with E-state index in [1.807, 2.05) is 4.90 Å². The van der Waals surface area contributed by atoms with E-state index in [2.05, 4.69) is 4.90 Å². The van der Waals surface area contributed by atoms with Crippen LogP contribution in [0.2, 0.25) is 0 Å². The molecule has 6 heteroatoms. The number of hydrogen-bond acceptors (Lipinski definition) is 4. The first-order valence-corrected chi connectivity index (χ1v) is 6.71. The predicted molar refractivity (Wildman–Crippen MR) is 66.9 cm³/mol. The number of piperazine rings is 1. The van der Waals surface area contributed by atoms with E-state index in [1.165, 1.54) is 0 Å². The number of carbonyl (C=O) groups is 1. The molecular formula is C12H21N3O3. The molecule has 6 nitrogen and oxygen atoms in total. The third-order valence-corrected chi connectivity index (χ3v) is 4.24. The molecule has 0 aromatic heterocycles. The number of carbonyl (C=O) groups excluding carboxylic acids is 1. The molecule has 2 fully saturated rings. The van der Waals surface area contributed by atoms with E-state index in [9.17, 15) is 14.9 Å². The van der Waals surface area contributed by atoms with Crippen LogP contribution in [0, 0.1) is 10.1 Å². The van der Waals surface area contributed by atoms with E-state index in [1.54, 1.807) is 6.92 Å². The first-order valence-electron chi connectivity index (χ1n) is 6.71. The Labute approximate surface area is 107 Å². The highest BCUT2D eigenvalue weighted by Gasteiger charge is 2.32. The highest BCUT2D eigenvalue weighted by atomic mass is 16.6. The predicted octanol–water partition coefficient (Wildman–Crippen LogP) is 0.738. The van der Waals surface area contributed by atoms with Gasteiger partial charge in [-0.3, -0.25) is 19.8 Å². The van der Waals surface area contributed by atoms with Crippen molar-refractivity contribution in [2.45, 2.75) is 44.7 Å². The zero-order valence-corrected chi connectivity index (χ0v) is 10.9. The normalized spacial score (nSPS) is 30.2. The summed E-state index contributed by atoms with van der Waals surface area (Å²) in [4.78, 5) is 26.1. The third-order valence-electron chi connectivity index (χ3n) is 4.24. The van der Waals surface area contributed by atoms with Gasteiger partial charge >= 0.3 is 0 Å². The minimum Gasteiger partial charge on any atom is -0.340 e. The summed E-state index contributed by atoms with van der Waals surface area (Å²) < 4.78 is 0. The Hall–Kier alpha value is -1.17. The van der Waals surface area contributed by atoms with Crippen molar-refractivity contribution >= 4 is 5.91 Å². The summed E-state index contributed by atoms with van der Waals surface area (Å²) in [5, 5.41) is 10.7. The molecule has 102 valence electrons. The van der Waals surface area contributed by atoms with E-state index in [-0.39, 0.29) is 16.9 Å². The summed E-state index contributed by atoms with van der Waals surface area (Å²) in [7, 11) is 0. The molecule has 0 aromatic rings. The molecular weight excluding hydrogens is 234 g/mol. The molecule has 0 unspecified atom stereocenters. The Kier molecular flexibility index (Phi) is 4.16. The van der Waals surface area contributed by atoms with Gasteiger partial charge in [0.1, 0.15) is 0 Å². The van der Waals surface area contributed by atoms with Crippen molar-refractivity contribution in [2.75, 3.05) is 26.2 Å². The summed E-state index contributed by atoms with van der Waals surface area (Å²) in [5.41, 5.74) is 0. The van der Waals surface area contributed by atoms with E-state index in [0.717, 1.165) is 39.0 Å². The summed E-state index contributed by atoms with van der Waals surface area (Å²) in [6, 6.07) is 0.148. The van der Waals surface area contributed by atoms with Gasteiger partial charge in [-0.25, -0.2) is 0 Å². The van der Waals surface area contributed by atoms with Gasteiger partial charge in [-0.05, 0) is 12.8 Å². The number of rotatable bonds is 2. The van der Waals surface area contributed by atoms with Gasteiger partial charge in [0, 0.05) is 56.9 Å². The molecule has 1 amide bonds. The highest BCUT2D eigenvalue weighted by Crippen LogP contribution is 2.25. The first-order chi connectivity index (χ1) is 8.58. The molecule has 1 heterocycles. The molecule has 0 atom stereocenters. The number of nitro groups is 1. The Morgan fingerprint density at radius 3 is 2.11 bits per heavy atom. The van der Waals surface area contributed by atoms with E-state index in [0.29, 0.717) is 18.9 Å². The maximum absolute atomic E-state index is 11.2. The van der Waals surface area contributed by atoms with Crippen molar-refractivity contribution in [3.05, 3.63) is 10.1 Å². The van der Waals surface area contributed by atoms with Gasteiger partial charge < -0.3 is 4.90 Å². The average molecular weight is 255 g/mol. The van der Waals surface area contributed by atoms with Gasteiger partial charge in [0.25, 0.3) is 0 Å². The van der Waals surface area contributed by atoms with Crippen LogP contribution in [-0.4, -0.2) is 58.9 Å². The van der Waals surface area contributed by atoms with Crippen molar-refractivity contribution in [3.8, 4) is 0 Å². The van der Waals surface area contributed by atoms with Crippen molar-refractivity contribution in [2.24, 2.45) is 0 Å². The Morgan fingerprint density at radius 2 is 1.67 bits per heavy atom. The molecule has 18 heavy (non-hydrogen) atoms. The van der Waals surface area contributed by atoms with Crippen LogP contribution >= 0.6 is 0 Å². The van der Waals surface area contributed by atoms with Crippen LogP contribution < -0.4 is 0 Å². The van der Waals surface area contributed by atoms with Crippen molar-refractivity contribution in [3.63, 3.8) is 0 Å². The highest BCUT2D eigenvalue weighted by molar-refractivity contribution is 5.73. The Bertz CT molecular complexity index is 287. The maximum Gasteiger partial charge on any atom is 0.219 e. The lowest BCUT2D eigenvalue weighted by Gasteiger charge is -2.40. The van der Waals surface area contributed by atoms with Crippen molar-refractivity contribution in [1.82, 2.24) is 9.80 Å². The molecule has 2 rings (SSSR count). The molecule has 0 bridgehead atoms. The van der Waals surface area contributed by atoms with Crippen molar-refractivity contribution < 1.29 is 9.72 Å². The van der Waals surface area contributed by atoms with Crippen LogP contribution in [-0.2, 0) is 4.79 Å². The number of nitrogens with zero attached hydrogens (tertiary/aromatic N) is 3. The monoisotopic (exact) mass is 255 g/mol. The van der Waals surface area contributed by atoms with E-state index < -0.39 is 0 Å². The number of hydrogen-bond donors (Lipinski definition) is 0. The summed E-state index contributed by atoms with van der Waals surface area (Å²) in [6.45, 7) is 5.02. The summed E-state index contributed by atoms with van der Waals surface area (Å²) in [6.07, 6.45) is 3.24. The minimum atomic E-state index is -0.334. The summed E-state index contributed by atoms with van der Waals surface area (Å²) >= 11 is 0. The smallest absolute Gasteiger partial charge is 0.219 e. The van der Waals surface area contributed by atoms with Crippen LogP contribution in [0.4, 0.5) is 0 Å². The van der Waals surface area contributed by atoms with E-state index in [4.69, 9.17) is 0 Å². The maximum atomic E-state index is 11.2. The van der Waals surface area contributed by atoms with Gasteiger partial charge in [-0.15, -0.1) is 0 Å². The third kappa shape index (κ3) is 2.98. The zero-order valence-electron chi connectivity index (χ0n) is 10.9. The van der Waals surface area contributed by atoms with Crippen LogP contribution in [0.25, 0.3) is 0 Å². The molecule has 0 spiro atoms. The fraction of sp³-hybridized carbons (Fsp3) is 0.917. The largest absolute Gasteiger partial charge is 0.340 e. The molecule has 0 radical (unpaired) electrons. The molecule has 0 aromatic carbocycles. The average Bonchev–Trinajstić information content (AvgIpc) is 2.39. The molecule has 1 saturated heterocycles. The fourth-order valence-corrected chi connectivity index (χ4v) is 3.04. The van der Waals surface area contributed by atoms with Gasteiger partial charge in [-0.1, -0.05) is 0 Å². The lowest BCUT2D eigenvalue weighted by molar-refractivity contribution is -0.526.